The van der Waals surface area contributed by atoms with E-state index in [-0.39, 0.29) is 6.04 Å². The highest BCUT2D eigenvalue weighted by Crippen LogP contribution is 2.15. The lowest BCUT2D eigenvalue weighted by molar-refractivity contribution is 0.349. The first kappa shape index (κ1) is 19.9. The minimum absolute atomic E-state index is 0.321. The van der Waals surface area contributed by atoms with Gasteiger partial charge >= 0.3 is 0 Å². The second-order valence-corrected chi connectivity index (χ2v) is 5.63. The number of hydrogen-bond acceptors (Lipinski definition) is 5. The van der Waals surface area contributed by atoms with Crippen molar-refractivity contribution >= 4 is 0 Å². The van der Waals surface area contributed by atoms with Gasteiger partial charge in [0.2, 0.25) is 5.89 Å². The molecule has 2 rings (SSSR count). The van der Waals surface area contributed by atoms with E-state index in [2.05, 4.69) is 34.4 Å². The van der Waals surface area contributed by atoms with Crippen LogP contribution in [0.4, 0.5) is 0 Å². The van der Waals surface area contributed by atoms with Crippen LogP contribution in [-0.4, -0.2) is 19.7 Å². The lowest BCUT2D eigenvalue weighted by atomic mass is 10.0. The summed E-state index contributed by atoms with van der Waals surface area (Å²) in [7, 11) is 1.93. The third-order valence-electron chi connectivity index (χ3n) is 3.45. The summed E-state index contributed by atoms with van der Waals surface area (Å²) < 4.78 is 7.15. The van der Waals surface area contributed by atoms with Gasteiger partial charge in [0.05, 0.1) is 18.1 Å². The zero-order valence-corrected chi connectivity index (χ0v) is 15.2. The molecule has 0 aliphatic heterocycles. The number of aryl methyl sites for hydroxylation is 2. The lowest BCUT2D eigenvalue weighted by Crippen LogP contribution is -2.14. The third-order valence-corrected chi connectivity index (χ3v) is 3.45. The van der Waals surface area contributed by atoms with Gasteiger partial charge in [0.15, 0.2) is 5.82 Å². The van der Waals surface area contributed by atoms with E-state index < -0.39 is 0 Å². The van der Waals surface area contributed by atoms with E-state index in [0.717, 1.165) is 25.0 Å². The molecule has 2 unspecified atom stereocenters. The predicted octanol–water partition coefficient (Wildman–Crippen LogP) is 3.37. The average molecular weight is 331 g/mol. The van der Waals surface area contributed by atoms with Crippen molar-refractivity contribution < 1.29 is 4.52 Å². The van der Waals surface area contributed by atoms with Gasteiger partial charge in [0, 0.05) is 26.1 Å². The van der Waals surface area contributed by atoms with Crippen molar-refractivity contribution in [3.63, 3.8) is 0 Å². The third kappa shape index (κ3) is 6.52. The van der Waals surface area contributed by atoms with Crippen LogP contribution in [0.5, 0.6) is 0 Å². The van der Waals surface area contributed by atoms with E-state index in [9.17, 15) is 0 Å². The maximum absolute atomic E-state index is 6.10. The van der Waals surface area contributed by atoms with Crippen molar-refractivity contribution in [1.29, 1.82) is 0 Å². The Kier molecular flexibility index (Phi) is 8.76. The SMILES string of the molecule is C=C=CC(C)CCCc1noc(C(N)Cc2cn(C)cn2)n1.CC. The van der Waals surface area contributed by atoms with E-state index in [0.29, 0.717) is 24.1 Å². The van der Waals surface area contributed by atoms with Gasteiger partial charge < -0.3 is 14.8 Å². The predicted molar refractivity (Wildman–Crippen MR) is 95.3 cm³/mol. The fraction of sp³-hybridized carbons (Fsp3) is 0.556. The Hall–Kier alpha value is -2.17. The van der Waals surface area contributed by atoms with E-state index in [1.54, 1.807) is 6.33 Å². The molecule has 0 saturated carbocycles. The first-order chi connectivity index (χ1) is 11.6. The summed E-state index contributed by atoms with van der Waals surface area (Å²) in [6.07, 6.45) is 9.08. The maximum Gasteiger partial charge on any atom is 0.243 e. The van der Waals surface area contributed by atoms with Crippen LogP contribution in [0.25, 0.3) is 0 Å². The van der Waals surface area contributed by atoms with Crippen molar-refractivity contribution in [3.05, 3.63) is 48.3 Å². The summed E-state index contributed by atoms with van der Waals surface area (Å²) >= 11 is 0. The highest BCUT2D eigenvalue weighted by Gasteiger charge is 2.16. The van der Waals surface area contributed by atoms with Gasteiger partial charge in [-0.15, -0.1) is 5.73 Å². The molecule has 0 bridgehead atoms. The lowest BCUT2D eigenvalue weighted by Gasteiger charge is -2.03. The molecule has 2 heterocycles. The van der Waals surface area contributed by atoms with Crippen LogP contribution in [0.15, 0.2) is 35.4 Å². The van der Waals surface area contributed by atoms with E-state index in [1.165, 1.54) is 0 Å². The number of rotatable bonds is 8. The Labute approximate surface area is 144 Å². The molecule has 0 amide bonds. The molecule has 24 heavy (non-hydrogen) atoms. The van der Waals surface area contributed by atoms with Gasteiger partial charge in [-0.3, -0.25) is 0 Å². The van der Waals surface area contributed by atoms with Gasteiger partial charge in [0.1, 0.15) is 0 Å². The summed E-state index contributed by atoms with van der Waals surface area (Å²) in [5.41, 5.74) is 9.83. The molecule has 0 aromatic carbocycles. The quantitative estimate of drug-likeness (QED) is 0.750. The smallest absolute Gasteiger partial charge is 0.243 e. The zero-order chi connectivity index (χ0) is 17.9. The van der Waals surface area contributed by atoms with Crippen molar-refractivity contribution in [1.82, 2.24) is 19.7 Å². The van der Waals surface area contributed by atoms with Crippen LogP contribution in [0.3, 0.4) is 0 Å². The second kappa shape index (κ2) is 10.6. The number of allylic oxidation sites excluding steroid dienone is 1. The van der Waals surface area contributed by atoms with Crippen LogP contribution >= 0.6 is 0 Å². The maximum atomic E-state index is 6.10. The number of hydrogen-bond donors (Lipinski definition) is 1. The Morgan fingerprint density at radius 2 is 2.21 bits per heavy atom. The summed E-state index contributed by atoms with van der Waals surface area (Å²) in [6, 6.07) is -0.321. The van der Waals surface area contributed by atoms with Gasteiger partial charge in [-0.2, -0.15) is 4.98 Å². The second-order valence-electron chi connectivity index (χ2n) is 5.63. The standard InChI is InChI=1S/C16H23N5O.C2H6/c1-4-6-12(2)7-5-8-15-19-16(22-20-15)14(17)9-13-10-21(3)11-18-13;1-2/h6,10-12,14H,1,5,7-9,17H2,2-3H3;1-2H3. The minimum atomic E-state index is -0.321. The first-order valence-corrected chi connectivity index (χ1v) is 8.49. The molecule has 2 aromatic heterocycles. The summed E-state index contributed by atoms with van der Waals surface area (Å²) in [5, 5.41) is 4.00. The zero-order valence-electron chi connectivity index (χ0n) is 15.2. The van der Waals surface area contributed by atoms with E-state index >= 15 is 0 Å². The van der Waals surface area contributed by atoms with Crippen molar-refractivity contribution in [2.75, 3.05) is 0 Å². The molecule has 0 fully saturated rings. The van der Waals surface area contributed by atoms with Crippen molar-refractivity contribution in [2.24, 2.45) is 18.7 Å². The molecule has 2 atom stereocenters. The largest absolute Gasteiger partial charge is 0.340 e. The highest BCUT2D eigenvalue weighted by molar-refractivity contribution is 5.03. The Bertz CT molecular complexity index is 639. The summed E-state index contributed by atoms with van der Waals surface area (Å²) in [6.45, 7) is 9.73. The van der Waals surface area contributed by atoms with Crippen LogP contribution in [0.1, 0.15) is 57.1 Å². The normalized spacial score (nSPS) is 12.7. The van der Waals surface area contributed by atoms with Crippen LogP contribution in [0, 0.1) is 5.92 Å². The topological polar surface area (TPSA) is 82.8 Å². The van der Waals surface area contributed by atoms with E-state index in [1.807, 2.05) is 37.7 Å². The monoisotopic (exact) mass is 331 g/mol. The molecule has 0 radical (unpaired) electrons. The van der Waals surface area contributed by atoms with Gasteiger partial charge in [-0.1, -0.05) is 32.5 Å². The summed E-state index contributed by atoms with van der Waals surface area (Å²) in [4.78, 5) is 8.63. The Balaban J connectivity index is 0.00000139. The molecule has 6 heteroatoms. The molecule has 0 saturated heterocycles. The van der Waals surface area contributed by atoms with Crippen molar-refractivity contribution in [2.45, 2.75) is 52.5 Å². The molecular weight excluding hydrogens is 302 g/mol. The number of nitrogens with two attached hydrogens (primary N) is 1. The van der Waals surface area contributed by atoms with Crippen LogP contribution < -0.4 is 5.73 Å². The minimum Gasteiger partial charge on any atom is -0.340 e. The van der Waals surface area contributed by atoms with Crippen LogP contribution in [-0.2, 0) is 19.9 Å². The first-order valence-electron chi connectivity index (χ1n) is 8.49. The fourth-order valence-electron chi connectivity index (χ4n) is 2.27. The average Bonchev–Trinajstić information content (AvgIpc) is 3.19. The Morgan fingerprint density at radius 1 is 1.46 bits per heavy atom. The van der Waals surface area contributed by atoms with Gasteiger partial charge in [-0.05, 0) is 24.8 Å². The highest BCUT2D eigenvalue weighted by atomic mass is 16.5. The molecule has 132 valence electrons. The van der Waals surface area contributed by atoms with Crippen molar-refractivity contribution in [3.8, 4) is 0 Å². The fourth-order valence-corrected chi connectivity index (χ4v) is 2.27. The molecule has 2 N–H and O–H groups in total. The number of nitrogens with zero attached hydrogens (tertiary/aromatic N) is 4. The van der Waals surface area contributed by atoms with Gasteiger partial charge in [0.25, 0.3) is 0 Å². The van der Waals surface area contributed by atoms with Gasteiger partial charge in [-0.25, -0.2) is 4.98 Å². The molecule has 0 spiro atoms. The van der Waals surface area contributed by atoms with Crippen LogP contribution in [0.2, 0.25) is 0 Å². The van der Waals surface area contributed by atoms with E-state index in [4.69, 9.17) is 10.3 Å². The number of imidazole rings is 1. The molecule has 0 aliphatic rings. The summed E-state index contributed by atoms with van der Waals surface area (Å²) in [5.74, 6) is 1.65. The molecule has 0 aliphatic carbocycles. The Morgan fingerprint density at radius 3 is 2.83 bits per heavy atom. The molecule has 6 nitrogen and oxygen atoms in total. The molecule has 2 aromatic rings. The number of aromatic nitrogens is 4. The molecular formula is C18H29N5O.